The maximum absolute atomic E-state index is 12.2. The summed E-state index contributed by atoms with van der Waals surface area (Å²) in [7, 11) is 0. The van der Waals surface area contributed by atoms with Gasteiger partial charge in [-0.1, -0.05) is 0 Å². The van der Waals surface area contributed by atoms with Crippen molar-refractivity contribution in [2.75, 3.05) is 11.9 Å². The van der Waals surface area contributed by atoms with E-state index < -0.39 is 23.8 Å². The molecule has 0 aliphatic heterocycles. The standard InChI is InChI=1S/C10H11F3N2O2/c11-10(12,13)6-1-3-7(4-2-6)15-5-8(14)9(16)17/h1-4,8,15H,5,14H2,(H,16,17). The van der Waals surface area contributed by atoms with E-state index in [1.165, 1.54) is 12.1 Å². The average Bonchev–Trinajstić information content (AvgIpc) is 2.25. The van der Waals surface area contributed by atoms with Gasteiger partial charge in [0, 0.05) is 12.2 Å². The van der Waals surface area contributed by atoms with Gasteiger partial charge < -0.3 is 16.2 Å². The minimum atomic E-state index is -4.38. The number of carboxylic acids is 1. The van der Waals surface area contributed by atoms with Crippen molar-refractivity contribution in [3.63, 3.8) is 0 Å². The smallest absolute Gasteiger partial charge is 0.416 e. The molecule has 0 spiro atoms. The molecule has 0 saturated carbocycles. The summed E-state index contributed by atoms with van der Waals surface area (Å²) in [5, 5.41) is 11.1. The van der Waals surface area contributed by atoms with Gasteiger partial charge in [0.25, 0.3) is 0 Å². The Morgan fingerprint density at radius 3 is 2.29 bits per heavy atom. The van der Waals surface area contributed by atoms with Crippen LogP contribution < -0.4 is 11.1 Å². The van der Waals surface area contributed by atoms with E-state index in [1.807, 2.05) is 0 Å². The average molecular weight is 248 g/mol. The molecular formula is C10H11F3N2O2. The Hall–Kier alpha value is -1.76. The van der Waals surface area contributed by atoms with Crippen LogP contribution in [0.4, 0.5) is 18.9 Å². The van der Waals surface area contributed by atoms with Crippen LogP contribution in [0.3, 0.4) is 0 Å². The van der Waals surface area contributed by atoms with Crippen molar-refractivity contribution < 1.29 is 23.1 Å². The van der Waals surface area contributed by atoms with E-state index in [2.05, 4.69) is 5.32 Å². The normalized spacial score (nSPS) is 13.2. The van der Waals surface area contributed by atoms with Gasteiger partial charge in [-0.05, 0) is 24.3 Å². The van der Waals surface area contributed by atoms with Gasteiger partial charge in [0.1, 0.15) is 6.04 Å². The lowest BCUT2D eigenvalue weighted by molar-refractivity contribution is -0.138. The second-order valence-corrected chi connectivity index (χ2v) is 3.40. The fraction of sp³-hybridized carbons (Fsp3) is 0.300. The number of halogens is 3. The van der Waals surface area contributed by atoms with Crippen LogP contribution in [0.25, 0.3) is 0 Å². The predicted molar refractivity (Wildman–Crippen MR) is 55.5 cm³/mol. The monoisotopic (exact) mass is 248 g/mol. The Balaban J connectivity index is 2.60. The molecule has 0 bridgehead atoms. The summed E-state index contributed by atoms with van der Waals surface area (Å²) in [6, 6.07) is 3.16. The Labute approximate surface area is 95.2 Å². The van der Waals surface area contributed by atoms with E-state index in [1.54, 1.807) is 0 Å². The quantitative estimate of drug-likeness (QED) is 0.755. The summed E-state index contributed by atoms with van der Waals surface area (Å²) >= 11 is 0. The van der Waals surface area contributed by atoms with Crippen LogP contribution in [0.1, 0.15) is 5.56 Å². The minimum Gasteiger partial charge on any atom is -0.480 e. The highest BCUT2D eigenvalue weighted by Gasteiger charge is 2.29. The fourth-order valence-corrected chi connectivity index (χ4v) is 1.09. The molecule has 17 heavy (non-hydrogen) atoms. The fourth-order valence-electron chi connectivity index (χ4n) is 1.09. The highest BCUT2D eigenvalue weighted by Crippen LogP contribution is 2.29. The molecule has 4 nitrogen and oxygen atoms in total. The topological polar surface area (TPSA) is 75.3 Å². The molecule has 0 aliphatic rings. The molecule has 0 radical (unpaired) electrons. The summed E-state index contributed by atoms with van der Waals surface area (Å²) in [5.41, 5.74) is 4.85. The van der Waals surface area contributed by atoms with Crippen LogP contribution in [0.2, 0.25) is 0 Å². The number of alkyl halides is 3. The number of nitrogens with two attached hydrogens (primary N) is 1. The summed E-state index contributed by atoms with van der Waals surface area (Å²) in [6.07, 6.45) is -4.38. The van der Waals surface area contributed by atoms with Crippen LogP contribution in [0, 0.1) is 0 Å². The van der Waals surface area contributed by atoms with Crippen LogP contribution >= 0.6 is 0 Å². The minimum absolute atomic E-state index is 0.0549. The number of anilines is 1. The lowest BCUT2D eigenvalue weighted by Crippen LogP contribution is -2.36. The highest BCUT2D eigenvalue weighted by molar-refractivity contribution is 5.74. The number of hydrogen-bond donors (Lipinski definition) is 3. The van der Waals surface area contributed by atoms with E-state index in [0.717, 1.165) is 12.1 Å². The van der Waals surface area contributed by atoms with Crippen LogP contribution in [0.5, 0.6) is 0 Å². The molecular weight excluding hydrogens is 237 g/mol. The molecule has 4 N–H and O–H groups in total. The number of nitrogens with one attached hydrogen (secondary N) is 1. The van der Waals surface area contributed by atoms with Crippen molar-refractivity contribution in [2.45, 2.75) is 12.2 Å². The lowest BCUT2D eigenvalue weighted by Gasteiger charge is -2.11. The molecule has 7 heteroatoms. The first-order valence-corrected chi connectivity index (χ1v) is 4.70. The zero-order chi connectivity index (χ0) is 13.1. The van der Waals surface area contributed by atoms with Gasteiger partial charge in [-0.3, -0.25) is 4.79 Å². The first-order valence-electron chi connectivity index (χ1n) is 4.70. The third-order valence-corrected chi connectivity index (χ3v) is 2.06. The highest BCUT2D eigenvalue weighted by atomic mass is 19.4. The molecule has 0 aliphatic carbocycles. The maximum atomic E-state index is 12.2. The van der Waals surface area contributed by atoms with Gasteiger partial charge in [-0.15, -0.1) is 0 Å². The summed E-state index contributed by atoms with van der Waals surface area (Å²) < 4.78 is 36.7. The molecule has 0 aromatic heterocycles. The van der Waals surface area contributed by atoms with Gasteiger partial charge in [0.05, 0.1) is 5.56 Å². The molecule has 1 aromatic carbocycles. The largest absolute Gasteiger partial charge is 0.480 e. The number of aliphatic carboxylic acids is 1. The zero-order valence-corrected chi connectivity index (χ0v) is 8.66. The molecule has 1 rings (SSSR count). The van der Waals surface area contributed by atoms with E-state index in [-0.39, 0.29) is 6.54 Å². The summed E-state index contributed by atoms with van der Waals surface area (Å²) in [6.45, 7) is -0.0549. The SMILES string of the molecule is NC(CNc1ccc(C(F)(F)F)cc1)C(=O)O. The first-order chi connectivity index (χ1) is 7.80. The Morgan fingerprint density at radius 1 is 1.35 bits per heavy atom. The van der Waals surface area contributed by atoms with E-state index in [4.69, 9.17) is 10.8 Å². The first kappa shape index (κ1) is 13.3. The van der Waals surface area contributed by atoms with Crippen LogP contribution in [-0.2, 0) is 11.0 Å². The molecule has 0 saturated heterocycles. The van der Waals surface area contributed by atoms with Gasteiger partial charge >= 0.3 is 12.1 Å². The number of carbonyl (C=O) groups is 1. The van der Waals surface area contributed by atoms with Gasteiger partial charge in [0.2, 0.25) is 0 Å². The Bertz CT molecular complexity index is 390. The van der Waals surface area contributed by atoms with Crippen LogP contribution in [0.15, 0.2) is 24.3 Å². The maximum Gasteiger partial charge on any atom is 0.416 e. The second kappa shape index (κ2) is 5.05. The van der Waals surface area contributed by atoms with Crippen molar-refractivity contribution in [3.8, 4) is 0 Å². The molecule has 0 fully saturated rings. The van der Waals surface area contributed by atoms with Gasteiger partial charge in [0.15, 0.2) is 0 Å². The Morgan fingerprint density at radius 2 is 1.88 bits per heavy atom. The molecule has 1 aromatic rings. The van der Waals surface area contributed by atoms with E-state index in [9.17, 15) is 18.0 Å². The van der Waals surface area contributed by atoms with Crippen molar-refractivity contribution >= 4 is 11.7 Å². The van der Waals surface area contributed by atoms with Crippen molar-refractivity contribution in [1.82, 2.24) is 0 Å². The van der Waals surface area contributed by atoms with E-state index in [0.29, 0.717) is 5.69 Å². The number of carboxylic acid groups (broad SMARTS) is 1. The molecule has 1 atom stereocenters. The summed E-state index contributed by atoms with van der Waals surface area (Å²) in [4.78, 5) is 10.4. The van der Waals surface area contributed by atoms with Gasteiger partial charge in [-0.25, -0.2) is 0 Å². The molecule has 1 unspecified atom stereocenters. The van der Waals surface area contributed by atoms with Crippen molar-refractivity contribution in [2.24, 2.45) is 5.73 Å². The predicted octanol–water partition coefficient (Wildman–Crippen LogP) is 1.53. The number of rotatable bonds is 4. The van der Waals surface area contributed by atoms with E-state index >= 15 is 0 Å². The molecule has 0 amide bonds. The summed E-state index contributed by atoms with van der Waals surface area (Å²) in [5.74, 6) is -1.18. The van der Waals surface area contributed by atoms with Crippen LogP contribution in [-0.4, -0.2) is 23.7 Å². The molecule has 0 heterocycles. The number of benzene rings is 1. The zero-order valence-electron chi connectivity index (χ0n) is 8.66. The number of hydrogen-bond acceptors (Lipinski definition) is 3. The van der Waals surface area contributed by atoms with Gasteiger partial charge in [-0.2, -0.15) is 13.2 Å². The third-order valence-electron chi connectivity index (χ3n) is 2.06. The Kier molecular flexibility index (Phi) is 3.95. The lowest BCUT2D eigenvalue weighted by atomic mass is 10.2. The third kappa shape index (κ3) is 3.95. The molecule has 94 valence electrons. The second-order valence-electron chi connectivity index (χ2n) is 3.40. The van der Waals surface area contributed by atoms with Crippen molar-refractivity contribution in [3.05, 3.63) is 29.8 Å². The van der Waals surface area contributed by atoms with Crippen molar-refractivity contribution in [1.29, 1.82) is 0 Å².